The largest absolute Gasteiger partial charge is 0.395 e. The van der Waals surface area contributed by atoms with Crippen LogP contribution in [0.25, 0.3) is 0 Å². The normalized spacial score (nSPS) is 24.2. The molecule has 2 heterocycles. The maximum absolute atomic E-state index is 13.7. The van der Waals surface area contributed by atoms with Crippen LogP contribution in [0.2, 0.25) is 0 Å². The van der Waals surface area contributed by atoms with E-state index in [2.05, 4.69) is 16.7 Å². The summed E-state index contributed by atoms with van der Waals surface area (Å²) >= 11 is 0. The molecule has 2 aromatic carbocycles. The van der Waals surface area contributed by atoms with Crippen LogP contribution in [0.15, 0.2) is 48.5 Å². The van der Waals surface area contributed by atoms with Crippen LogP contribution >= 0.6 is 0 Å². The Hall–Kier alpha value is -2.72. The van der Waals surface area contributed by atoms with Crippen molar-refractivity contribution in [3.05, 3.63) is 71.0 Å². The van der Waals surface area contributed by atoms with Gasteiger partial charge in [-0.15, -0.1) is 0 Å². The van der Waals surface area contributed by atoms with Gasteiger partial charge in [-0.2, -0.15) is 0 Å². The molecule has 0 unspecified atom stereocenters. The lowest BCUT2D eigenvalue weighted by Gasteiger charge is -2.57. The van der Waals surface area contributed by atoms with E-state index in [1.165, 1.54) is 12.1 Å². The molecule has 0 spiro atoms. The van der Waals surface area contributed by atoms with Gasteiger partial charge >= 0.3 is 0 Å². The van der Waals surface area contributed by atoms with Gasteiger partial charge < -0.3 is 15.1 Å². The highest BCUT2D eigenvalue weighted by Gasteiger charge is 2.49. The van der Waals surface area contributed by atoms with Crippen molar-refractivity contribution in [2.75, 3.05) is 26.2 Å². The number of rotatable bonds is 3. The number of aliphatic hydroxyl groups is 2. The highest BCUT2D eigenvalue weighted by Crippen LogP contribution is 2.42. The Bertz CT molecular complexity index is 1010. The van der Waals surface area contributed by atoms with Crippen molar-refractivity contribution in [1.29, 1.82) is 0 Å². The number of hydrogen-bond acceptors (Lipinski definition) is 4. The molecule has 5 nitrogen and oxygen atoms in total. The van der Waals surface area contributed by atoms with E-state index in [-0.39, 0.29) is 30.5 Å². The van der Waals surface area contributed by atoms with Crippen LogP contribution in [0, 0.1) is 17.7 Å². The molecule has 4 atom stereocenters. The van der Waals surface area contributed by atoms with Crippen molar-refractivity contribution in [1.82, 2.24) is 9.80 Å². The Balaban J connectivity index is 1.56. The summed E-state index contributed by atoms with van der Waals surface area (Å²) in [6.07, 6.45) is 1.15. The van der Waals surface area contributed by atoms with E-state index in [1.54, 1.807) is 19.1 Å². The average molecular weight is 437 g/mol. The number of aliphatic hydroxyl groups excluding tert-OH is 2. The third kappa shape index (κ3) is 4.71. The zero-order valence-corrected chi connectivity index (χ0v) is 18.2. The Morgan fingerprint density at radius 3 is 2.62 bits per heavy atom. The molecule has 2 fully saturated rings. The van der Waals surface area contributed by atoms with Gasteiger partial charge in [0, 0.05) is 42.2 Å². The molecule has 2 saturated heterocycles. The monoisotopic (exact) mass is 436 g/mol. The van der Waals surface area contributed by atoms with Gasteiger partial charge in [-0.05, 0) is 62.2 Å². The average Bonchev–Trinajstić information content (AvgIpc) is 2.77. The minimum absolute atomic E-state index is 0.0126. The molecule has 6 heteroatoms. The number of nitrogens with zero attached hydrogens (tertiary/aromatic N) is 2. The molecule has 0 radical (unpaired) electrons. The second-order valence-corrected chi connectivity index (χ2v) is 8.62. The lowest BCUT2D eigenvalue weighted by Crippen LogP contribution is -2.67. The molecule has 2 N–H and O–H groups in total. The summed E-state index contributed by atoms with van der Waals surface area (Å²) in [6, 6.07) is 13.9. The number of carbonyl (C=O) groups excluding carboxylic acids is 1. The standard InChI is InChI=1S/C26H29FN2O3/c1-18(31)7-8-19-9-11-20(12-10-19)25-23-16-28(13-2-3-14-29(23)24(25)17-30)26(32)21-5-4-6-22(27)15-21/h4-6,9-12,15,18,23-25,30-31H,2-3,13-14,16-17H2,1H3/t18-,23-,24-,25+/m0/s1. The second kappa shape index (κ2) is 9.83. The first-order valence-electron chi connectivity index (χ1n) is 11.2. The Morgan fingerprint density at radius 2 is 1.94 bits per heavy atom. The van der Waals surface area contributed by atoms with Gasteiger partial charge in [0.1, 0.15) is 11.9 Å². The van der Waals surface area contributed by atoms with Gasteiger partial charge in [-0.25, -0.2) is 4.39 Å². The SMILES string of the molecule is C[C@H](O)C#Cc1ccc([C@H]2[C@H](CO)N3CCCCN(C(=O)c4cccc(F)c4)C[C@@H]23)cc1. The smallest absolute Gasteiger partial charge is 0.254 e. The number of hydrogen-bond donors (Lipinski definition) is 2. The van der Waals surface area contributed by atoms with Gasteiger partial charge in [0.2, 0.25) is 0 Å². The van der Waals surface area contributed by atoms with Crippen LogP contribution < -0.4 is 0 Å². The number of benzene rings is 2. The molecule has 168 valence electrons. The lowest BCUT2D eigenvalue weighted by molar-refractivity contribution is -0.0606. The van der Waals surface area contributed by atoms with Crippen LogP contribution in [0.5, 0.6) is 0 Å². The number of halogens is 1. The van der Waals surface area contributed by atoms with E-state index in [0.717, 1.165) is 30.5 Å². The Morgan fingerprint density at radius 1 is 1.19 bits per heavy atom. The van der Waals surface area contributed by atoms with Gasteiger partial charge in [-0.3, -0.25) is 9.69 Å². The molecule has 4 rings (SSSR count). The first-order valence-corrected chi connectivity index (χ1v) is 11.2. The van der Waals surface area contributed by atoms with Gasteiger partial charge in [0.05, 0.1) is 6.61 Å². The lowest BCUT2D eigenvalue weighted by atomic mass is 9.74. The van der Waals surface area contributed by atoms with Crippen molar-refractivity contribution in [2.45, 2.75) is 43.9 Å². The fourth-order valence-corrected chi connectivity index (χ4v) is 4.91. The molecule has 2 aromatic rings. The molecule has 2 aliphatic heterocycles. The first-order chi connectivity index (χ1) is 15.5. The number of amides is 1. The summed E-state index contributed by atoms with van der Waals surface area (Å²) in [5.41, 5.74) is 2.30. The van der Waals surface area contributed by atoms with Crippen molar-refractivity contribution >= 4 is 5.91 Å². The molecule has 1 amide bonds. The molecule has 2 aliphatic rings. The molecule has 0 aliphatic carbocycles. The van der Waals surface area contributed by atoms with E-state index in [1.807, 2.05) is 29.2 Å². The summed E-state index contributed by atoms with van der Waals surface area (Å²) in [5, 5.41) is 19.4. The minimum atomic E-state index is -0.676. The van der Waals surface area contributed by atoms with Gasteiger partial charge in [0.25, 0.3) is 5.91 Å². The third-order valence-corrected chi connectivity index (χ3v) is 6.45. The van der Waals surface area contributed by atoms with E-state index in [4.69, 9.17) is 0 Å². The maximum Gasteiger partial charge on any atom is 0.254 e. The predicted molar refractivity (Wildman–Crippen MR) is 121 cm³/mol. The highest BCUT2D eigenvalue weighted by molar-refractivity contribution is 5.94. The minimum Gasteiger partial charge on any atom is -0.395 e. The second-order valence-electron chi connectivity index (χ2n) is 8.62. The molecule has 0 bridgehead atoms. The summed E-state index contributed by atoms with van der Waals surface area (Å²) < 4.78 is 13.7. The van der Waals surface area contributed by atoms with E-state index in [0.29, 0.717) is 18.7 Å². The molecular weight excluding hydrogens is 407 g/mol. The first kappa shape index (κ1) is 22.5. The summed E-state index contributed by atoms with van der Waals surface area (Å²) in [7, 11) is 0. The Labute approximate surface area is 188 Å². The quantitative estimate of drug-likeness (QED) is 0.727. The molecular formula is C26H29FN2O3. The molecule has 0 aromatic heterocycles. The zero-order valence-electron chi connectivity index (χ0n) is 18.2. The predicted octanol–water partition coefficient (Wildman–Crippen LogP) is 2.62. The maximum atomic E-state index is 13.7. The summed E-state index contributed by atoms with van der Waals surface area (Å²) in [5.74, 6) is 5.22. The number of carbonyl (C=O) groups is 1. The third-order valence-electron chi connectivity index (χ3n) is 6.45. The highest BCUT2D eigenvalue weighted by atomic mass is 19.1. The van der Waals surface area contributed by atoms with Crippen molar-refractivity contribution < 1.29 is 19.4 Å². The molecule has 32 heavy (non-hydrogen) atoms. The van der Waals surface area contributed by atoms with E-state index in [9.17, 15) is 19.4 Å². The Kier molecular flexibility index (Phi) is 6.90. The van der Waals surface area contributed by atoms with Gasteiger partial charge in [0.15, 0.2) is 0 Å². The number of fused-ring (bicyclic) bond motifs is 1. The van der Waals surface area contributed by atoms with Crippen LogP contribution in [-0.4, -0.2) is 70.3 Å². The van der Waals surface area contributed by atoms with Crippen LogP contribution in [-0.2, 0) is 0 Å². The topological polar surface area (TPSA) is 64.0 Å². The van der Waals surface area contributed by atoms with Crippen molar-refractivity contribution in [3.63, 3.8) is 0 Å². The van der Waals surface area contributed by atoms with E-state index < -0.39 is 11.9 Å². The fraction of sp³-hybridized carbons (Fsp3) is 0.423. The summed E-state index contributed by atoms with van der Waals surface area (Å²) in [6.45, 7) is 3.76. The summed E-state index contributed by atoms with van der Waals surface area (Å²) in [4.78, 5) is 17.2. The van der Waals surface area contributed by atoms with Crippen LogP contribution in [0.1, 0.15) is 47.2 Å². The van der Waals surface area contributed by atoms with Crippen molar-refractivity contribution in [2.24, 2.45) is 0 Å². The van der Waals surface area contributed by atoms with Gasteiger partial charge in [-0.1, -0.05) is 30.0 Å². The fourth-order valence-electron chi connectivity index (χ4n) is 4.91. The van der Waals surface area contributed by atoms with Crippen LogP contribution in [0.3, 0.4) is 0 Å². The molecule has 0 saturated carbocycles. The zero-order chi connectivity index (χ0) is 22.7. The van der Waals surface area contributed by atoms with Crippen LogP contribution in [0.4, 0.5) is 4.39 Å². The van der Waals surface area contributed by atoms with Crippen molar-refractivity contribution in [3.8, 4) is 11.8 Å². The van der Waals surface area contributed by atoms with E-state index >= 15 is 0 Å².